The van der Waals surface area contributed by atoms with Crippen LogP contribution in [0.4, 0.5) is 0 Å². The molecule has 2 aliphatic heterocycles. The Hall–Kier alpha value is -2.08. The maximum atomic E-state index is 12.8. The van der Waals surface area contributed by atoms with Gasteiger partial charge in [-0.15, -0.1) is 0 Å². The summed E-state index contributed by atoms with van der Waals surface area (Å²) in [6, 6.07) is 7.68. The number of benzene rings is 1. The van der Waals surface area contributed by atoms with Crippen LogP contribution in [0.2, 0.25) is 0 Å². The van der Waals surface area contributed by atoms with Gasteiger partial charge in [-0.3, -0.25) is 9.59 Å². The molecule has 2 saturated heterocycles. The summed E-state index contributed by atoms with van der Waals surface area (Å²) in [6.07, 6.45) is 1.60. The second-order valence-electron chi connectivity index (χ2n) is 7.76. The van der Waals surface area contributed by atoms with E-state index in [1.807, 2.05) is 54.8 Å². The number of morpholine rings is 1. The van der Waals surface area contributed by atoms with Crippen molar-refractivity contribution in [3.63, 3.8) is 0 Å². The van der Waals surface area contributed by atoms with E-state index in [2.05, 4.69) is 0 Å². The Morgan fingerprint density at radius 2 is 1.78 bits per heavy atom. The van der Waals surface area contributed by atoms with Gasteiger partial charge in [0, 0.05) is 32.1 Å². The molecule has 1 aromatic carbocycles. The van der Waals surface area contributed by atoms with Gasteiger partial charge >= 0.3 is 0 Å². The lowest BCUT2D eigenvalue weighted by Crippen LogP contribution is -2.52. The SMILES string of the molecule is Cc1cccc(OCC(=O)N2CCC(C(=O)N3C[C@@H](C)O[C@@H](C)C3)CC2)c1. The molecule has 0 N–H and O–H groups in total. The van der Waals surface area contributed by atoms with E-state index in [9.17, 15) is 9.59 Å². The molecule has 2 aliphatic rings. The fraction of sp³-hybridized carbons (Fsp3) is 0.619. The number of rotatable bonds is 4. The molecule has 2 fully saturated rings. The number of hydrogen-bond acceptors (Lipinski definition) is 4. The predicted molar refractivity (Wildman–Crippen MR) is 103 cm³/mol. The number of ether oxygens (including phenoxy) is 2. The van der Waals surface area contributed by atoms with E-state index in [0.29, 0.717) is 31.9 Å². The summed E-state index contributed by atoms with van der Waals surface area (Å²) < 4.78 is 11.3. The van der Waals surface area contributed by atoms with Crippen LogP contribution in [0.5, 0.6) is 5.75 Å². The largest absolute Gasteiger partial charge is 0.484 e. The first-order chi connectivity index (χ1) is 12.9. The first kappa shape index (κ1) is 19.7. The maximum absolute atomic E-state index is 12.8. The Morgan fingerprint density at radius 1 is 1.11 bits per heavy atom. The minimum absolute atomic E-state index is 0.00393. The molecule has 0 unspecified atom stereocenters. The van der Waals surface area contributed by atoms with E-state index < -0.39 is 0 Å². The van der Waals surface area contributed by atoms with Gasteiger partial charge in [0.1, 0.15) is 5.75 Å². The molecule has 3 rings (SSSR count). The number of hydrogen-bond donors (Lipinski definition) is 0. The third kappa shape index (κ3) is 5.22. The first-order valence-corrected chi connectivity index (χ1v) is 9.84. The lowest BCUT2D eigenvalue weighted by Gasteiger charge is -2.39. The zero-order chi connectivity index (χ0) is 19.4. The standard InChI is InChI=1S/C21H30N2O4/c1-15-5-4-6-19(11-15)26-14-20(24)22-9-7-18(8-10-22)21(25)23-12-16(2)27-17(3)13-23/h4-6,11,16-18H,7-10,12-14H2,1-3H3/t16-,17+. The van der Waals surface area contributed by atoms with E-state index in [0.717, 1.165) is 18.4 Å². The van der Waals surface area contributed by atoms with Crippen molar-refractivity contribution in [2.45, 2.75) is 45.8 Å². The molecule has 148 valence electrons. The second-order valence-corrected chi connectivity index (χ2v) is 7.76. The Kier molecular flexibility index (Phi) is 6.37. The van der Waals surface area contributed by atoms with E-state index in [4.69, 9.17) is 9.47 Å². The van der Waals surface area contributed by atoms with Crippen molar-refractivity contribution < 1.29 is 19.1 Å². The van der Waals surface area contributed by atoms with Gasteiger partial charge < -0.3 is 19.3 Å². The third-order valence-electron chi connectivity index (χ3n) is 5.28. The minimum Gasteiger partial charge on any atom is -0.484 e. The highest BCUT2D eigenvalue weighted by molar-refractivity contribution is 5.81. The average Bonchev–Trinajstić information content (AvgIpc) is 2.65. The van der Waals surface area contributed by atoms with Crippen LogP contribution < -0.4 is 4.74 Å². The lowest BCUT2D eigenvalue weighted by molar-refractivity contribution is -0.150. The van der Waals surface area contributed by atoms with E-state index >= 15 is 0 Å². The Morgan fingerprint density at radius 3 is 2.41 bits per heavy atom. The molecular weight excluding hydrogens is 344 g/mol. The number of aryl methyl sites for hydroxylation is 1. The normalized spacial score (nSPS) is 24.0. The first-order valence-electron chi connectivity index (χ1n) is 9.84. The lowest BCUT2D eigenvalue weighted by atomic mass is 9.94. The molecule has 27 heavy (non-hydrogen) atoms. The summed E-state index contributed by atoms with van der Waals surface area (Å²) in [6.45, 7) is 8.59. The van der Waals surface area contributed by atoms with Crippen LogP contribution >= 0.6 is 0 Å². The van der Waals surface area contributed by atoms with Crippen molar-refractivity contribution in [1.82, 2.24) is 9.80 Å². The molecule has 6 heteroatoms. The average molecular weight is 374 g/mol. The highest BCUT2D eigenvalue weighted by Crippen LogP contribution is 2.22. The Bertz CT molecular complexity index is 660. The Balaban J connectivity index is 1.45. The van der Waals surface area contributed by atoms with Crippen LogP contribution in [0.25, 0.3) is 0 Å². The zero-order valence-corrected chi connectivity index (χ0v) is 16.5. The number of carbonyl (C=O) groups is 2. The van der Waals surface area contributed by atoms with Crippen molar-refractivity contribution in [3.8, 4) is 5.75 Å². The second kappa shape index (κ2) is 8.74. The van der Waals surface area contributed by atoms with E-state index in [1.54, 1.807) is 0 Å². The predicted octanol–water partition coefficient (Wildman–Crippen LogP) is 2.25. The summed E-state index contributed by atoms with van der Waals surface area (Å²) >= 11 is 0. The minimum atomic E-state index is -0.0176. The number of amides is 2. The van der Waals surface area contributed by atoms with Gasteiger partial charge in [0.25, 0.3) is 5.91 Å². The fourth-order valence-corrected chi connectivity index (χ4v) is 3.93. The molecule has 1 aromatic rings. The van der Waals surface area contributed by atoms with Gasteiger partial charge in [-0.05, 0) is 51.3 Å². The third-order valence-corrected chi connectivity index (χ3v) is 5.28. The van der Waals surface area contributed by atoms with Crippen LogP contribution in [0.3, 0.4) is 0 Å². The van der Waals surface area contributed by atoms with Crippen molar-refractivity contribution >= 4 is 11.8 Å². The van der Waals surface area contributed by atoms with E-state index in [-0.39, 0.29) is 36.5 Å². The number of carbonyl (C=O) groups excluding carboxylic acids is 2. The summed E-state index contributed by atoms with van der Waals surface area (Å²) in [7, 11) is 0. The van der Waals surface area contributed by atoms with Gasteiger partial charge in [0.2, 0.25) is 5.91 Å². The highest BCUT2D eigenvalue weighted by atomic mass is 16.5. The van der Waals surface area contributed by atoms with Gasteiger partial charge in [-0.25, -0.2) is 0 Å². The molecular formula is C21H30N2O4. The molecule has 0 radical (unpaired) electrons. The number of likely N-dealkylation sites (tertiary alicyclic amines) is 1. The molecule has 2 heterocycles. The number of piperidine rings is 1. The van der Waals surface area contributed by atoms with Crippen LogP contribution in [0, 0.1) is 12.8 Å². The molecule has 0 spiro atoms. The van der Waals surface area contributed by atoms with Crippen LogP contribution in [-0.2, 0) is 14.3 Å². The van der Waals surface area contributed by atoms with Crippen molar-refractivity contribution in [2.75, 3.05) is 32.8 Å². The van der Waals surface area contributed by atoms with Crippen molar-refractivity contribution in [1.29, 1.82) is 0 Å². The van der Waals surface area contributed by atoms with Crippen molar-refractivity contribution in [2.24, 2.45) is 5.92 Å². The van der Waals surface area contributed by atoms with Gasteiger partial charge in [0.15, 0.2) is 6.61 Å². The zero-order valence-electron chi connectivity index (χ0n) is 16.5. The Labute approximate surface area is 161 Å². The maximum Gasteiger partial charge on any atom is 0.260 e. The molecule has 6 nitrogen and oxygen atoms in total. The van der Waals surface area contributed by atoms with Crippen LogP contribution in [-0.4, -0.2) is 66.6 Å². The molecule has 0 saturated carbocycles. The molecule has 2 atom stereocenters. The molecule has 0 aromatic heterocycles. The van der Waals surface area contributed by atoms with Gasteiger partial charge in [-0.2, -0.15) is 0 Å². The molecule has 0 bridgehead atoms. The number of nitrogens with zero attached hydrogens (tertiary/aromatic N) is 2. The van der Waals surface area contributed by atoms with Gasteiger partial charge in [0.05, 0.1) is 12.2 Å². The van der Waals surface area contributed by atoms with Crippen LogP contribution in [0.15, 0.2) is 24.3 Å². The highest BCUT2D eigenvalue weighted by Gasteiger charge is 2.33. The summed E-state index contributed by atoms with van der Waals surface area (Å²) in [5.41, 5.74) is 1.10. The molecule has 0 aliphatic carbocycles. The smallest absolute Gasteiger partial charge is 0.260 e. The summed E-state index contributed by atoms with van der Waals surface area (Å²) in [4.78, 5) is 29.0. The quantitative estimate of drug-likeness (QED) is 0.811. The summed E-state index contributed by atoms with van der Waals surface area (Å²) in [5, 5.41) is 0. The van der Waals surface area contributed by atoms with Crippen LogP contribution in [0.1, 0.15) is 32.3 Å². The monoisotopic (exact) mass is 374 g/mol. The van der Waals surface area contributed by atoms with Gasteiger partial charge in [-0.1, -0.05) is 12.1 Å². The topological polar surface area (TPSA) is 59.1 Å². The van der Waals surface area contributed by atoms with Crippen molar-refractivity contribution in [3.05, 3.63) is 29.8 Å². The summed E-state index contributed by atoms with van der Waals surface area (Å²) in [5.74, 6) is 0.907. The fourth-order valence-electron chi connectivity index (χ4n) is 3.93. The molecule has 2 amide bonds. The van der Waals surface area contributed by atoms with E-state index in [1.165, 1.54) is 0 Å².